The van der Waals surface area contributed by atoms with Gasteiger partial charge in [0.15, 0.2) is 17.1 Å². The van der Waals surface area contributed by atoms with Crippen molar-refractivity contribution in [1.29, 1.82) is 0 Å². The molecule has 1 fully saturated rings. The van der Waals surface area contributed by atoms with E-state index in [2.05, 4.69) is 15.4 Å². The number of aromatic hydroxyl groups is 1. The van der Waals surface area contributed by atoms with Crippen molar-refractivity contribution in [1.82, 2.24) is 14.6 Å². The van der Waals surface area contributed by atoms with Crippen molar-refractivity contribution < 1.29 is 14.9 Å². The predicted octanol–water partition coefficient (Wildman–Crippen LogP) is 2.83. The maximum atomic E-state index is 10.0. The lowest BCUT2D eigenvalue weighted by molar-refractivity contribution is 0.126. The van der Waals surface area contributed by atoms with Crippen LogP contribution >= 0.6 is 0 Å². The Labute approximate surface area is 151 Å². The highest BCUT2D eigenvalue weighted by atomic mass is 16.5. The molecular weight excluding hydrogens is 332 g/mol. The van der Waals surface area contributed by atoms with Crippen LogP contribution in [0.5, 0.6) is 11.5 Å². The third-order valence-corrected chi connectivity index (χ3v) is 4.89. The fourth-order valence-corrected chi connectivity index (χ4v) is 3.43. The standard InChI is InChI=1S/C19H22N4O3/c1-26-17-7-2-12(10-16(17)25)15-11-20-19-9-8-18(22-23(15)19)21-13-3-5-14(24)6-4-13/h2,7-11,13-14,24-25H,3-6H2,1H3,(H,21,22)/t13-,14-. The summed E-state index contributed by atoms with van der Waals surface area (Å²) in [5.74, 6) is 1.28. The first-order valence-electron chi connectivity index (χ1n) is 8.81. The number of hydrogen-bond donors (Lipinski definition) is 3. The summed E-state index contributed by atoms with van der Waals surface area (Å²) in [4.78, 5) is 4.39. The fourth-order valence-electron chi connectivity index (χ4n) is 3.43. The van der Waals surface area contributed by atoms with Crippen LogP contribution in [0.25, 0.3) is 16.9 Å². The number of rotatable bonds is 4. The van der Waals surface area contributed by atoms with Crippen LogP contribution < -0.4 is 10.1 Å². The number of aliphatic hydroxyl groups is 1. The first-order valence-corrected chi connectivity index (χ1v) is 8.81. The molecule has 3 N–H and O–H groups in total. The number of imidazole rings is 1. The Hall–Kier alpha value is -2.80. The third kappa shape index (κ3) is 3.17. The van der Waals surface area contributed by atoms with Crippen LogP contribution in [0.2, 0.25) is 0 Å². The van der Waals surface area contributed by atoms with E-state index in [0.717, 1.165) is 48.4 Å². The number of nitrogens with zero attached hydrogens (tertiary/aromatic N) is 3. The van der Waals surface area contributed by atoms with Gasteiger partial charge in [-0.1, -0.05) is 0 Å². The Kier molecular flexibility index (Phi) is 4.38. The molecule has 0 amide bonds. The summed E-state index contributed by atoms with van der Waals surface area (Å²) in [7, 11) is 1.52. The lowest BCUT2D eigenvalue weighted by atomic mass is 9.93. The van der Waals surface area contributed by atoms with Gasteiger partial charge in [-0.05, 0) is 56.0 Å². The molecule has 136 valence electrons. The van der Waals surface area contributed by atoms with Gasteiger partial charge in [0.05, 0.1) is 25.1 Å². The zero-order valence-electron chi connectivity index (χ0n) is 14.6. The van der Waals surface area contributed by atoms with Crippen LogP contribution in [0.1, 0.15) is 25.7 Å². The molecule has 0 atom stereocenters. The first kappa shape index (κ1) is 16.7. The molecule has 2 aromatic heterocycles. The van der Waals surface area contributed by atoms with Crippen molar-refractivity contribution in [2.75, 3.05) is 12.4 Å². The van der Waals surface area contributed by atoms with E-state index in [-0.39, 0.29) is 11.9 Å². The predicted molar refractivity (Wildman–Crippen MR) is 98.5 cm³/mol. The molecule has 1 aromatic carbocycles. The molecule has 7 nitrogen and oxygen atoms in total. The topological polar surface area (TPSA) is 91.9 Å². The second-order valence-electron chi connectivity index (χ2n) is 6.67. The van der Waals surface area contributed by atoms with Gasteiger partial charge in [0.2, 0.25) is 0 Å². The number of aromatic nitrogens is 3. The van der Waals surface area contributed by atoms with Gasteiger partial charge < -0.3 is 20.3 Å². The zero-order chi connectivity index (χ0) is 18.1. The molecule has 3 aromatic rings. The van der Waals surface area contributed by atoms with Gasteiger partial charge in [0.1, 0.15) is 5.82 Å². The number of anilines is 1. The van der Waals surface area contributed by atoms with Crippen molar-refractivity contribution in [3.8, 4) is 22.8 Å². The highest BCUT2D eigenvalue weighted by Gasteiger charge is 2.20. The minimum absolute atomic E-state index is 0.0787. The molecule has 0 aliphatic heterocycles. The van der Waals surface area contributed by atoms with Crippen LogP contribution in [0.3, 0.4) is 0 Å². The maximum Gasteiger partial charge on any atom is 0.160 e. The fraction of sp³-hybridized carbons (Fsp3) is 0.368. The highest BCUT2D eigenvalue weighted by molar-refractivity contribution is 5.66. The van der Waals surface area contributed by atoms with Crippen LogP contribution in [0.4, 0.5) is 5.82 Å². The molecule has 26 heavy (non-hydrogen) atoms. The van der Waals surface area contributed by atoms with Crippen LogP contribution in [-0.4, -0.2) is 44.1 Å². The van der Waals surface area contributed by atoms with E-state index in [1.165, 1.54) is 7.11 Å². The number of benzene rings is 1. The molecule has 2 heterocycles. The van der Waals surface area contributed by atoms with Gasteiger partial charge in [0.25, 0.3) is 0 Å². The monoisotopic (exact) mass is 354 g/mol. The van der Waals surface area contributed by atoms with Gasteiger partial charge in [-0.3, -0.25) is 0 Å². The van der Waals surface area contributed by atoms with Crippen molar-refractivity contribution in [2.45, 2.75) is 37.8 Å². The lowest BCUT2D eigenvalue weighted by Crippen LogP contribution is -2.28. The Bertz CT molecular complexity index is 916. The Morgan fingerprint density at radius 3 is 2.69 bits per heavy atom. The summed E-state index contributed by atoms with van der Waals surface area (Å²) in [5.41, 5.74) is 2.34. The van der Waals surface area contributed by atoms with Crippen LogP contribution in [0.15, 0.2) is 36.5 Å². The molecule has 0 bridgehead atoms. The Morgan fingerprint density at radius 2 is 1.96 bits per heavy atom. The molecule has 0 unspecified atom stereocenters. The summed E-state index contributed by atoms with van der Waals surface area (Å²) in [6, 6.07) is 9.39. The summed E-state index contributed by atoms with van der Waals surface area (Å²) < 4.78 is 6.87. The van der Waals surface area contributed by atoms with Gasteiger partial charge >= 0.3 is 0 Å². The molecule has 0 radical (unpaired) electrons. The third-order valence-electron chi connectivity index (χ3n) is 4.89. The van der Waals surface area contributed by atoms with E-state index < -0.39 is 0 Å². The van der Waals surface area contributed by atoms with E-state index in [1.54, 1.807) is 22.8 Å². The molecule has 0 spiro atoms. The van der Waals surface area contributed by atoms with Crippen molar-refractivity contribution in [3.05, 3.63) is 36.5 Å². The van der Waals surface area contributed by atoms with E-state index in [1.807, 2.05) is 18.2 Å². The molecule has 4 rings (SSSR count). The average molecular weight is 354 g/mol. The normalized spacial score (nSPS) is 20.2. The molecule has 1 saturated carbocycles. The number of nitrogens with one attached hydrogen (secondary N) is 1. The minimum atomic E-state index is -0.175. The number of methoxy groups -OCH3 is 1. The average Bonchev–Trinajstić information content (AvgIpc) is 3.07. The quantitative estimate of drug-likeness (QED) is 0.667. The number of fused-ring (bicyclic) bond motifs is 1. The number of phenols is 1. The smallest absolute Gasteiger partial charge is 0.160 e. The number of ether oxygens (including phenoxy) is 1. The van der Waals surface area contributed by atoms with Crippen LogP contribution in [-0.2, 0) is 0 Å². The Balaban J connectivity index is 1.63. The molecular formula is C19H22N4O3. The molecule has 1 aliphatic carbocycles. The summed E-state index contributed by atoms with van der Waals surface area (Å²) in [6.45, 7) is 0. The van der Waals surface area contributed by atoms with E-state index >= 15 is 0 Å². The largest absolute Gasteiger partial charge is 0.504 e. The first-order chi connectivity index (χ1) is 12.6. The molecule has 1 aliphatic rings. The van der Waals surface area contributed by atoms with E-state index in [4.69, 9.17) is 4.74 Å². The van der Waals surface area contributed by atoms with Gasteiger partial charge in [0, 0.05) is 11.6 Å². The van der Waals surface area contributed by atoms with Crippen molar-refractivity contribution >= 4 is 11.5 Å². The summed E-state index contributed by atoms with van der Waals surface area (Å²) >= 11 is 0. The Morgan fingerprint density at radius 1 is 1.15 bits per heavy atom. The number of aliphatic hydroxyl groups excluding tert-OH is 1. The number of hydrogen-bond acceptors (Lipinski definition) is 6. The van der Waals surface area contributed by atoms with Crippen LogP contribution in [0, 0.1) is 0 Å². The SMILES string of the molecule is COc1ccc(-c2cnc3ccc(N[C@H]4CC[C@H](O)CC4)nn23)cc1O. The van der Waals surface area contributed by atoms with E-state index in [9.17, 15) is 10.2 Å². The van der Waals surface area contributed by atoms with Crippen molar-refractivity contribution in [3.63, 3.8) is 0 Å². The summed E-state index contributed by atoms with van der Waals surface area (Å²) in [6.07, 6.45) is 5.08. The number of phenolic OH excluding ortho intramolecular Hbond substituents is 1. The maximum absolute atomic E-state index is 10.0. The van der Waals surface area contributed by atoms with E-state index in [0.29, 0.717) is 11.8 Å². The van der Waals surface area contributed by atoms with Gasteiger partial charge in [-0.15, -0.1) is 5.10 Å². The van der Waals surface area contributed by atoms with Gasteiger partial charge in [-0.2, -0.15) is 0 Å². The molecule has 7 heteroatoms. The minimum Gasteiger partial charge on any atom is -0.504 e. The second-order valence-corrected chi connectivity index (χ2v) is 6.67. The zero-order valence-corrected chi connectivity index (χ0v) is 14.6. The summed E-state index contributed by atoms with van der Waals surface area (Å²) in [5, 5.41) is 27.8. The highest BCUT2D eigenvalue weighted by Crippen LogP contribution is 2.31. The molecule has 0 saturated heterocycles. The lowest BCUT2D eigenvalue weighted by Gasteiger charge is -2.26. The second kappa shape index (κ2) is 6.84. The van der Waals surface area contributed by atoms with Crippen molar-refractivity contribution in [2.24, 2.45) is 0 Å². The van der Waals surface area contributed by atoms with Gasteiger partial charge in [-0.25, -0.2) is 9.50 Å².